The molecule has 10 heteroatoms. The molecule has 0 aromatic carbocycles. The van der Waals surface area contributed by atoms with Crippen LogP contribution in [0.1, 0.15) is 22.5 Å². The standard InChI is InChI=1S/C18H27N7OS.HI/c1-5-15-13(2)27-16(22-15)6-7-20-18(19-3)24-8-9-25(17(26)12-24)14-10-21-23(4)11-14;/h10-11H,5-9,12H2,1-4H3,(H,19,20);1H. The maximum atomic E-state index is 12.6. The lowest BCUT2D eigenvalue weighted by molar-refractivity contribution is -0.120. The fraction of sp³-hybridized carbons (Fsp3) is 0.556. The molecular formula is C18H28IN7OS. The van der Waals surface area contributed by atoms with Gasteiger partial charge in [-0.2, -0.15) is 5.10 Å². The summed E-state index contributed by atoms with van der Waals surface area (Å²) in [7, 11) is 3.60. The molecule has 0 unspecified atom stereocenters. The number of carbonyl (C=O) groups is 1. The van der Waals surface area contributed by atoms with Crippen LogP contribution in [0.4, 0.5) is 5.69 Å². The van der Waals surface area contributed by atoms with Gasteiger partial charge in [0.2, 0.25) is 5.91 Å². The molecule has 8 nitrogen and oxygen atoms in total. The number of thiazole rings is 1. The molecule has 0 radical (unpaired) electrons. The van der Waals surface area contributed by atoms with Gasteiger partial charge in [0, 0.05) is 51.2 Å². The summed E-state index contributed by atoms with van der Waals surface area (Å²) >= 11 is 1.76. The van der Waals surface area contributed by atoms with E-state index in [1.807, 2.05) is 18.1 Å². The maximum absolute atomic E-state index is 12.6. The predicted octanol–water partition coefficient (Wildman–Crippen LogP) is 1.83. The monoisotopic (exact) mass is 517 g/mol. The molecule has 1 N–H and O–H groups in total. The first-order valence-electron chi connectivity index (χ1n) is 9.21. The summed E-state index contributed by atoms with van der Waals surface area (Å²) in [6.07, 6.45) is 5.41. The third kappa shape index (κ3) is 5.22. The minimum absolute atomic E-state index is 0. The summed E-state index contributed by atoms with van der Waals surface area (Å²) in [6.45, 7) is 6.67. The minimum Gasteiger partial charge on any atom is -0.356 e. The van der Waals surface area contributed by atoms with Crippen molar-refractivity contribution in [3.8, 4) is 0 Å². The number of aromatic nitrogens is 3. The smallest absolute Gasteiger partial charge is 0.246 e. The first kappa shape index (κ1) is 22.6. The van der Waals surface area contributed by atoms with Gasteiger partial charge in [-0.25, -0.2) is 4.98 Å². The SMILES string of the molecule is CCc1nc(CCNC(=NC)N2CCN(c3cnn(C)c3)C(=O)C2)sc1C.I. The Labute approximate surface area is 187 Å². The Morgan fingerprint density at radius 1 is 1.39 bits per heavy atom. The largest absolute Gasteiger partial charge is 0.356 e. The number of piperazine rings is 1. The molecule has 154 valence electrons. The first-order valence-corrected chi connectivity index (χ1v) is 10.0. The van der Waals surface area contributed by atoms with E-state index < -0.39 is 0 Å². The Morgan fingerprint density at radius 3 is 2.75 bits per heavy atom. The van der Waals surface area contributed by atoms with Crippen LogP contribution in [0, 0.1) is 6.92 Å². The van der Waals surface area contributed by atoms with Crippen LogP contribution in [0.25, 0.3) is 0 Å². The van der Waals surface area contributed by atoms with E-state index in [0.29, 0.717) is 13.1 Å². The van der Waals surface area contributed by atoms with Gasteiger partial charge in [-0.3, -0.25) is 14.5 Å². The average molecular weight is 517 g/mol. The molecule has 2 aromatic heterocycles. The highest BCUT2D eigenvalue weighted by atomic mass is 127. The summed E-state index contributed by atoms with van der Waals surface area (Å²) in [5, 5.41) is 8.66. The van der Waals surface area contributed by atoms with Crippen molar-refractivity contribution in [3.05, 3.63) is 28.0 Å². The Kier molecular flexibility index (Phi) is 8.23. The molecule has 1 aliphatic heterocycles. The lowest BCUT2D eigenvalue weighted by Crippen LogP contribution is -2.55. The molecule has 3 rings (SSSR count). The van der Waals surface area contributed by atoms with E-state index >= 15 is 0 Å². The van der Waals surface area contributed by atoms with Gasteiger partial charge in [0.15, 0.2) is 5.96 Å². The Morgan fingerprint density at radius 2 is 2.18 bits per heavy atom. The van der Waals surface area contributed by atoms with E-state index in [9.17, 15) is 4.79 Å². The van der Waals surface area contributed by atoms with Crippen LogP contribution in [0.2, 0.25) is 0 Å². The average Bonchev–Trinajstić information content (AvgIpc) is 3.24. The van der Waals surface area contributed by atoms with Gasteiger partial charge in [0.25, 0.3) is 0 Å². The fourth-order valence-corrected chi connectivity index (χ4v) is 4.23. The quantitative estimate of drug-likeness (QED) is 0.372. The van der Waals surface area contributed by atoms with Crippen molar-refractivity contribution < 1.29 is 4.79 Å². The molecule has 0 saturated carbocycles. The van der Waals surface area contributed by atoms with Crippen molar-refractivity contribution >= 4 is 52.9 Å². The Bertz CT molecular complexity index is 832. The van der Waals surface area contributed by atoms with Gasteiger partial charge in [-0.1, -0.05) is 6.92 Å². The minimum atomic E-state index is 0. The number of hydrogen-bond donors (Lipinski definition) is 1. The number of aryl methyl sites for hydroxylation is 3. The highest BCUT2D eigenvalue weighted by Crippen LogP contribution is 2.18. The number of aliphatic imine (C=N–C) groups is 1. The highest BCUT2D eigenvalue weighted by Gasteiger charge is 2.27. The number of halogens is 1. The normalized spacial score (nSPS) is 15.0. The van der Waals surface area contributed by atoms with Crippen LogP contribution in [0.15, 0.2) is 17.4 Å². The number of guanidine groups is 1. The zero-order valence-electron chi connectivity index (χ0n) is 16.8. The molecule has 0 atom stereocenters. The van der Waals surface area contributed by atoms with Crippen molar-refractivity contribution in [2.24, 2.45) is 12.0 Å². The molecular weight excluding hydrogens is 489 g/mol. The second kappa shape index (κ2) is 10.2. The number of rotatable bonds is 5. The van der Waals surface area contributed by atoms with Crippen molar-refractivity contribution in [1.82, 2.24) is 25.0 Å². The molecule has 1 amide bonds. The van der Waals surface area contributed by atoms with Gasteiger partial charge >= 0.3 is 0 Å². The van der Waals surface area contributed by atoms with E-state index in [1.54, 1.807) is 34.2 Å². The van der Waals surface area contributed by atoms with Gasteiger partial charge in [-0.15, -0.1) is 35.3 Å². The summed E-state index contributed by atoms with van der Waals surface area (Å²) < 4.78 is 1.71. The summed E-state index contributed by atoms with van der Waals surface area (Å²) in [6, 6.07) is 0. The summed E-state index contributed by atoms with van der Waals surface area (Å²) in [4.78, 5) is 26.7. The second-order valence-electron chi connectivity index (χ2n) is 6.53. The van der Waals surface area contributed by atoms with Gasteiger partial charge in [0.1, 0.15) is 6.54 Å². The van der Waals surface area contributed by atoms with Crippen LogP contribution >= 0.6 is 35.3 Å². The van der Waals surface area contributed by atoms with Gasteiger partial charge < -0.3 is 15.1 Å². The summed E-state index contributed by atoms with van der Waals surface area (Å²) in [5.41, 5.74) is 2.03. The lowest BCUT2D eigenvalue weighted by atomic mass is 10.3. The van der Waals surface area contributed by atoms with E-state index in [-0.39, 0.29) is 29.9 Å². The molecule has 0 bridgehead atoms. The zero-order valence-corrected chi connectivity index (χ0v) is 20.0. The Balaban J connectivity index is 0.00000280. The first-order chi connectivity index (χ1) is 13.0. The number of amides is 1. The van der Waals surface area contributed by atoms with Crippen LogP contribution in [-0.2, 0) is 24.7 Å². The summed E-state index contributed by atoms with van der Waals surface area (Å²) in [5.74, 6) is 0.818. The molecule has 0 aliphatic carbocycles. The molecule has 0 spiro atoms. The van der Waals surface area contributed by atoms with Gasteiger partial charge in [-0.05, 0) is 13.3 Å². The lowest BCUT2D eigenvalue weighted by Gasteiger charge is -2.35. The predicted molar refractivity (Wildman–Crippen MR) is 124 cm³/mol. The molecule has 1 fully saturated rings. The molecule has 3 heterocycles. The number of nitrogens with one attached hydrogen (secondary N) is 1. The van der Waals surface area contributed by atoms with Crippen LogP contribution in [0.5, 0.6) is 0 Å². The van der Waals surface area contributed by atoms with E-state index in [0.717, 1.165) is 42.6 Å². The molecule has 1 aliphatic rings. The van der Waals surface area contributed by atoms with E-state index in [2.05, 4.69) is 34.2 Å². The number of carbonyl (C=O) groups excluding carboxylic acids is 1. The van der Waals surface area contributed by atoms with Crippen LogP contribution in [0.3, 0.4) is 0 Å². The van der Waals surface area contributed by atoms with Gasteiger partial charge in [0.05, 0.1) is 22.6 Å². The second-order valence-corrected chi connectivity index (χ2v) is 7.81. The van der Waals surface area contributed by atoms with E-state index in [1.165, 1.54) is 10.6 Å². The number of hydrogen-bond acceptors (Lipinski definition) is 5. The van der Waals surface area contributed by atoms with Crippen molar-refractivity contribution in [2.75, 3.05) is 38.1 Å². The number of anilines is 1. The molecule has 1 saturated heterocycles. The van der Waals surface area contributed by atoms with Crippen molar-refractivity contribution in [2.45, 2.75) is 26.7 Å². The third-order valence-corrected chi connectivity index (χ3v) is 5.70. The maximum Gasteiger partial charge on any atom is 0.246 e. The number of nitrogens with zero attached hydrogens (tertiary/aromatic N) is 6. The topological polar surface area (TPSA) is 78.7 Å². The van der Waals surface area contributed by atoms with Crippen molar-refractivity contribution in [1.29, 1.82) is 0 Å². The zero-order chi connectivity index (χ0) is 19.4. The fourth-order valence-electron chi connectivity index (χ4n) is 3.21. The van der Waals surface area contributed by atoms with E-state index in [4.69, 9.17) is 0 Å². The third-order valence-electron chi connectivity index (χ3n) is 4.63. The molecule has 2 aromatic rings. The highest BCUT2D eigenvalue weighted by molar-refractivity contribution is 14.0. The van der Waals surface area contributed by atoms with Crippen LogP contribution in [-0.4, -0.2) is 64.8 Å². The Hall–Kier alpha value is -1.69. The van der Waals surface area contributed by atoms with Crippen molar-refractivity contribution in [3.63, 3.8) is 0 Å². The van der Waals surface area contributed by atoms with Crippen LogP contribution < -0.4 is 10.2 Å². The molecule has 28 heavy (non-hydrogen) atoms.